The van der Waals surface area contributed by atoms with Crippen molar-refractivity contribution in [2.24, 2.45) is 0 Å². The Bertz CT molecular complexity index is 956. The maximum atomic E-state index is 13.6. The molecule has 2 aromatic rings. The molecule has 164 valence electrons. The summed E-state index contributed by atoms with van der Waals surface area (Å²) in [5, 5.41) is 0. The fourth-order valence-electron chi connectivity index (χ4n) is 3.64. The van der Waals surface area contributed by atoms with Gasteiger partial charge in [0.2, 0.25) is 10.0 Å². The van der Waals surface area contributed by atoms with E-state index >= 15 is 0 Å². The fourth-order valence-corrected chi connectivity index (χ4v) is 4.77. The van der Waals surface area contributed by atoms with E-state index in [9.17, 15) is 12.8 Å². The molecule has 2 aromatic carbocycles. The van der Waals surface area contributed by atoms with Gasteiger partial charge in [-0.3, -0.25) is 4.90 Å². The largest absolute Gasteiger partial charge is 0.378 e. The molecule has 0 radical (unpaired) electrons. The lowest BCUT2D eigenvalue weighted by Gasteiger charge is -2.38. The highest BCUT2D eigenvalue weighted by atomic mass is 32.2. The number of nitrogens with one attached hydrogen (secondary N) is 1. The minimum Gasteiger partial charge on any atom is -0.378 e. The molecule has 1 heterocycles. The molecule has 0 aromatic heterocycles. The Hall–Kier alpha value is -2.00. The number of piperazine rings is 1. The molecule has 1 saturated heterocycles. The zero-order valence-corrected chi connectivity index (χ0v) is 18.9. The molecule has 0 aliphatic carbocycles. The fraction of sp³-hybridized carbons (Fsp3) is 0.455. The van der Waals surface area contributed by atoms with Crippen LogP contribution in [0.1, 0.15) is 17.2 Å². The molecule has 6 nitrogen and oxygen atoms in total. The van der Waals surface area contributed by atoms with Crippen LogP contribution < -0.4 is 9.62 Å². The molecule has 3 rings (SSSR count). The van der Waals surface area contributed by atoms with Crippen LogP contribution in [0.2, 0.25) is 0 Å². The second kappa shape index (κ2) is 9.43. The normalized spacial score (nSPS) is 17.1. The second-order valence-corrected chi connectivity index (χ2v) is 9.87. The number of nitrogens with zero attached hydrogens (tertiary/aromatic N) is 3. The minimum absolute atomic E-state index is 0.0776. The van der Waals surface area contributed by atoms with E-state index in [-0.39, 0.29) is 17.5 Å². The van der Waals surface area contributed by atoms with Crippen LogP contribution in [0.3, 0.4) is 0 Å². The molecule has 0 amide bonds. The van der Waals surface area contributed by atoms with E-state index in [1.807, 2.05) is 19.0 Å². The van der Waals surface area contributed by atoms with Gasteiger partial charge < -0.3 is 9.80 Å². The second-order valence-electron chi connectivity index (χ2n) is 8.10. The Balaban J connectivity index is 1.82. The van der Waals surface area contributed by atoms with E-state index in [4.69, 9.17) is 0 Å². The Kier molecular flexibility index (Phi) is 7.13. The van der Waals surface area contributed by atoms with Crippen molar-refractivity contribution in [3.05, 3.63) is 59.4 Å². The highest BCUT2D eigenvalue weighted by Crippen LogP contribution is 2.25. The molecule has 1 aliphatic rings. The van der Waals surface area contributed by atoms with E-state index in [1.165, 1.54) is 18.2 Å². The van der Waals surface area contributed by atoms with Crippen LogP contribution in [0.15, 0.2) is 47.4 Å². The topological polar surface area (TPSA) is 55.9 Å². The minimum atomic E-state index is -3.74. The zero-order valence-electron chi connectivity index (χ0n) is 18.1. The molecular formula is C22H31FN4O2S. The van der Waals surface area contributed by atoms with E-state index in [1.54, 1.807) is 6.92 Å². The van der Waals surface area contributed by atoms with Crippen LogP contribution in [-0.4, -0.2) is 72.1 Å². The van der Waals surface area contributed by atoms with Crippen LogP contribution in [-0.2, 0) is 10.0 Å². The molecule has 30 heavy (non-hydrogen) atoms. The molecule has 0 spiro atoms. The van der Waals surface area contributed by atoms with Crippen molar-refractivity contribution >= 4 is 15.7 Å². The van der Waals surface area contributed by atoms with Gasteiger partial charge in [-0.15, -0.1) is 0 Å². The zero-order chi connectivity index (χ0) is 21.9. The highest BCUT2D eigenvalue weighted by molar-refractivity contribution is 7.89. The van der Waals surface area contributed by atoms with Crippen LogP contribution in [0.25, 0.3) is 0 Å². The number of aryl methyl sites for hydroxylation is 1. The third-order valence-electron chi connectivity index (χ3n) is 5.68. The first-order valence-electron chi connectivity index (χ1n) is 10.1. The van der Waals surface area contributed by atoms with Crippen LogP contribution >= 0.6 is 0 Å². The number of halogens is 1. The van der Waals surface area contributed by atoms with Gasteiger partial charge in [-0.2, -0.15) is 0 Å². The molecule has 0 bridgehead atoms. The van der Waals surface area contributed by atoms with Gasteiger partial charge in [0.1, 0.15) is 5.82 Å². The van der Waals surface area contributed by atoms with E-state index in [0.717, 1.165) is 37.4 Å². The Labute approximate surface area is 179 Å². The SMILES string of the molecule is Cc1cc(S(=O)(=O)NC[C@@H](c2ccc(N(C)C)cc2)N2CCN(C)CC2)ccc1F. The summed E-state index contributed by atoms with van der Waals surface area (Å²) in [6.07, 6.45) is 0. The molecule has 1 atom stereocenters. The van der Waals surface area contributed by atoms with Crippen molar-refractivity contribution in [1.82, 2.24) is 14.5 Å². The molecule has 0 unspecified atom stereocenters. The lowest BCUT2D eigenvalue weighted by molar-refractivity contribution is 0.113. The van der Waals surface area contributed by atoms with Gasteiger partial charge >= 0.3 is 0 Å². The summed E-state index contributed by atoms with van der Waals surface area (Å²) in [6, 6.07) is 12.0. The first-order chi connectivity index (χ1) is 14.2. The van der Waals surface area contributed by atoms with Gasteiger partial charge in [0.05, 0.1) is 4.90 Å². The maximum Gasteiger partial charge on any atom is 0.240 e. The number of anilines is 1. The van der Waals surface area contributed by atoms with Gasteiger partial charge in [0.25, 0.3) is 0 Å². The number of hydrogen-bond acceptors (Lipinski definition) is 5. The van der Waals surface area contributed by atoms with Crippen molar-refractivity contribution in [2.45, 2.75) is 17.9 Å². The average Bonchev–Trinajstić information content (AvgIpc) is 2.71. The van der Waals surface area contributed by atoms with E-state index in [2.05, 4.69) is 45.8 Å². The number of benzene rings is 2. The third-order valence-corrected chi connectivity index (χ3v) is 7.10. The van der Waals surface area contributed by atoms with Crippen molar-refractivity contribution in [1.29, 1.82) is 0 Å². The van der Waals surface area contributed by atoms with Gasteiger partial charge in [0.15, 0.2) is 0 Å². The summed E-state index contributed by atoms with van der Waals surface area (Å²) in [5.74, 6) is -0.412. The molecule has 1 aliphatic heterocycles. The Morgan fingerprint density at radius 1 is 1.07 bits per heavy atom. The first kappa shape index (κ1) is 22.7. The maximum absolute atomic E-state index is 13.6. The van der Waals surface area contributed by atoms with E-state index < -0.39 is 15.8 Å². The smallest absolute Gasteiger partial charge is 0.240 e. The number of sulfonamides is 1. The molecule has 1 fully saturated rings. The monoisotopic (exact) mass is 434 g/mol. The summed E-state index contributed by atoms with van der Waals surface area (Å²) in [7, 11) is 2.34. The summed E-state index contributed by atoms with van der Waals surface area (Å²) >= 11 is 0. The Morgan fingerprint density at radius 3 is 2.27 bits per heavy atom. The third kappa shape index (κ3) is 5.37. The number of hydrogen-bond donors (Lipinski definition) is 1. The van der Waals surface area contributed by atoms with Crippen molar-refractivity contribution in [3.8, 4) is 0 Å². The molecule has 0 saturated carbocycles. The lowest BCUT2D eigenvalue weighted by atomic mass is 10.0. The Morgan fingerprint density at radius 2 is 1.70 bits per heavy atom. The molecule has 8 heteroatoms. The average molecular weight is 435 g/mol. The highest BCUT2D eigenvalue weighted by Gasteiger charge is 2.26. The van der Waals surface area contributed by atoms with Crippen LogP contribution in [0.5, 0.6) is 0 Å². The molecule has 1 N–H and O–H groups in total. The van der Waals surface area contributed by atoms with Crippen molar-refractivity contribution in [3.63, 3.8) is 0 Å². The summed E-state index contributed by atoms with van der Waals surface area (Å²) in [4.78, 5) is 6.72. The number of likely N-dealkylation sites (N-methyl/N-ethyl adjacent to an activating group) is 1. The predicted molar refractivity (Wildman–Crippen MR) is 119 cm³/mol. The quantitative estimate of drug-likeness (QED) is 0.726. The van der Waals surface area contributed by atoms with Crippen LogP contribution in [0, 0.1) is 12.7 Å². The van der Waals surface area contributed by atoms with Crippen LogP contribution in [0.4, 0.5) is 10.1 Å². The van der Waals surface area contributed by atoms with E-state index in [0.29, 0.717) is 5.56 Å². The standard InChI is InChI=1S/C22H31FN4O2S/c1-17-15-20(9-10-21(17)23)30(28,29)24-16-22(27-13-11-26(4)12-14-27)18-5-7-19(8-6-18)25(2)3/h5-10,15,22,24H,11-14,16H2,1-4H3/t22-/m0/s1. The van der Waals surface area contributed by atoms with Gasteiger partial charge in [-0.25, -0.2) is 17.5 Å². The van der Waals surface area contributed by atoms with Crippen molar-refractivity contribution < 1.29 is 12.8 Å². The lowest BCUT2D eigenvalue weighted by Crippen LogP contribution is -2.48. The summed E-state index contributed by atoms with van der Waals surface area (Å²) < 4.78 is 42.0. The summed E-state index contributed by atoms with van der Waals surface area (Å²) in [5.41, 5.74) is 2.48. The number of rotatable bonds is 7. The van der Waals surface area contributed by atoms with Gasteiger partial charge in [0, 0.05) is 58.5 Å². The summed E-state index contributed by atoms with van der Waals surface area (Å²) in [6.45, 7) is 5.44. The van der Waals surface area contributed by atoms with Gasteiger partial charge in [-0.1, -0.05) is 12.1 Å². The van der Waals surface area contributed by atoms with Crippen molar-refractivity contribution in [2.75, 3.05) is 58.8 Å². The van der Waals surface area contributed by atoms with Gasteiger partial charge in [-0.05, 0) is 55.4 Å². The first-order valence-corrected chi connectivity index (χ1v) is 11.6. The predicted octanol–water partition coefficient (Wildman–Crippen LogP) is 2.47. The molecular weight excluding hydrogens is 403 g/mol.